The van der Waals surface area contributed by atoms with E-state index in [2.05, 4.69) is 11.4 Å². The van der Waals surface area contributed by atoms with Crippen LogP contribution in [0.1, 0.15) is 37.7 Å². The number of hydrogen-bond acceptors (Lipinski definition) is 5. The Hall–Kier alpha value is -4.31. The number of nitrogens with zero attached hydrogens (tertiary/aromatic N) is 3. The topological polar surface area (TPSA) is 93.1 Å². The number of para-hydroxylation sites is 2. The van der Waals surface area contributed by atoms with E-state index in [0.717, 1.165) is 36.8 Å². The van der Waals surface area contributed by atoms with Crippen molar-refractivity contribution in [2.24, 2.45) is 0 Å². The van der Waals surface area contributed by atoms with Gasteiger partial charge in [0.1, 0.15) is 17.3 Å². The summed E-state index contributed by atoms with van der Waals surface area (Å²) in [5.74, 6) is 0.789. The molecule has 1 amide bonds. The maximum atomic E-state index is 12.9. The van der Waals surface area contributed by atoms with Gasteiger partial charge in [0.25, 0.3) is 5.91 Å². The number of nitriles is 1. The Balaban J connectivity index is 1.57. The molecule has 0 radical (unpaired) electrons. The van der Waals surface area contributed by atoms with Crippen LogP contribution in [-0.2, 0) is 4.79 Å². The molecule has 5 rings (SSSR count). The number of rotatable bonds is 6. The molecule has 0 saturated heterocycles. The molecule has 0 unspecified atom stereocenters. The Bertz CT molecular complexity index is 1420. The highest BCUT2D eigenvalue weighted by Crippen LogP contribution is 2.35. The zero-order chi connectivity index (χ0) is 24.2. The minimum Gasteiger partial charge on any atom is -0.493 e. The summed E-state index contributed by atoms with van der Waals surface area (Å²) in [6, 6.07) is 19.4. The SMILES string of the molecule is COc1cccc2cc(-c3nn(-c4ccccc4)cc3C=C(C#N)C(=O)NC3CCCCC3)oc12. The molecule has 1 saturated carbocycles. The van der Waals surface area contributed by atoms with Crippen molar-refractivity contribution in [1.82, 2.24) is 15.1 Å². The molecule has 1 aliphatic carbocycles. The third kappa shape index (κ3) is 4.69. The second-order valence-electron chi connectivity index (χ2n) is 8.68. The number of fused-ring (bicyclic) bond motifs is 1. The summed E-state index contributed by atoms with van der Waals surface area (Å²) in [5.41, 5.74) is 2.66. The number of carbonyl (C=O) groups excluding carboxylic acids is 1. The molecule has 176 valence electrons. The number of hydrogen-bond donors (Lipinski definition) is 1. The van der Waals surface area contributed by atoms with Gasteiger partial charge >= 0.3 is 0 Å². The summed E-state index contributed by atoms with van der Waals surface area (Å²) in [4.78, 5) is 12.9. The van der Waals surface area contributed by atoms with E-state index < -0.39 is 0 Å². The van der Waals surface area contributed by atoms with Gasteiger partial charge in [0.05, 0.1) is 12.8 Å². The molecule has 0 spiro atoms. The minimum absolute atomic E-state index is 0.0399. The molecule has 7 heteroatoms. The van der Waals surface area contributed by atoms with E-state index in [1.165, 1.54) is 6.42 Å². The normalized spacial score (nSPS) is 14.6. The second kappa shape index (κ2) is 9.90. The van der Waals surface area contributed by atoms with Crippen LogP contribution in [0.4, 0.5) is 0 Å². The molecular formula is C28H26N4O3. The van der Waals surface area contributed by atoms with Crippen molar-refractivity contribution < 1.29 is 13.9 Å². The highest BCUT2D eigenvalue weighted by Gasteiger charge is 2.21. The zero-order valence-corrected chi connectivity index (χ0v) is 19.5. The lowest BCUT2D eigenvalue weighted by atomic mass is 9.95. The fraction of sp³-hybridized carbons (Fsp3) is 0.250. The molecule has 0 aliphatic heterocycles. The van der Waals surface area contributed by atoms with Crippen LogP contribution < -0.4 is 10.1 Å². The molecule has 1 aliphatic rings. The van der Waals surface area contributed by atoms with Gasteiger partial charge in [-0.15, -0.1) is 0 Å². The Morgan fingerprint density at radius 1 is 1.17 bits per heavy atom. The van der Waals surface area contributed by atoms with Gasteiger partial charge in [0.15, 0.2) is 17.1 Å². The Morgan fingerprint density at radius 3 is 2.71 bits per heavy atom. The van der Waals surface area contributed by atoms with E-state index in [1.54, 1.807) is 24.1 Å². The number of benzene rings is 2. The van der Waals surface area contributed by atoms with Gasteiger partial charge in [0.2, 0.25) is 0 Å². The van der Waals surface area contributed by atoms with Gasteiger partial charge in [-0.1, -0.05) is 49.6 Å². The molecule has 1 fully saturated rings. The lowest BCUT2D eigenvalue weighted by Crippen LogP contribution is -2.36. The monoisotopic (exact) mass is 466 g/mol. The predicted octanol–water partition coefficient (Wildman–Crippen LogP) is 5.65. The van der Waals surface area contributed by atoms with Crippen LogP contribution >= 0.6 is 0 Å². The lowest BCUT2D eigenvalue weighted by Gasteiger charge is -2.22. The number of nitrogens with one attached hydrogen (secondary N) is 1. The molecular weight excluding hydrogens is 440 g/mol. The predicted molar refractivity (Wildman–Crippen MR) is 134 cm³/mol. The molecule has 7 nitrogen and oxygen atoms in total. The van der Waals surface area contributed by atoms with E-state index in [-0.39, 0.29) is 17.5 Å². The Kier molecular flexibility index (Phi) is 6.36. The Morgan fingerprint density at radius 2 is 1.97 bits per heavy atom. The number of aromatic nitrogens is 2. The lowest BCUT2D eigenvalue weighted by molar-refractivity contribution is -0.117. The number of furan rings is 1. The van der Waals surface area contributed by atoms with Crippen molar-refractivity contribution in [2.45, 2.75) is 38.1 Å². The maximum absolute atomic E-state index is 12.9. The standard InChI is InChI=1S/C28H26N4O3/c1-34-24-14-8-9-19-16-25(35-27(19)24)26-21(18-32(31-26)23-12-6-3-7-13-23)15-20(17-29)28(33)30-22-10-4-2-5-11-22/h3,6-9,12-16,18,22H,2,4-5,10-11H2,1H3,(H,30,33). The van der Waals surface area contributed by atoms with Gasteiger partial charge in [-0.05, 0) is 43.2 Å². The first kappa shape index (κ1) is 22.5. The summed E-state index contributed by atoms with van der Waals surface area (Å²) in [5, 5.41) is 18.5. The smallest absolute Gasteiger partial charge is 0.262 e. The maximum Gasteiger partial charge on any atom is 0.262 e. The van der Waals surface area contributed by atoms with Crippen molar-refractivity contribution in [2.75, 3.05) is 7.11 Å². The molecule has 2 aromatic heterocycles. The van der Waals surface area contributed by atoms with E-state index in [9.17, 15) is 10.1 Å². The molecule has 4 aromatic rings. The summed E-state index contributed by atoms with van der Waals surface area (Å²) in [6.45, 7) is 0. The average Bonchev–Trinajstić information content (AvgIpc) is 3.52. The average molecular weight is 467 g/mol. The fourth-order valence-electron chi connectivity index (χ4n) is 4.53. The third-order valence-corrected chi connectivity index (χ3v) is 6.33. The second-order valence-corrected chi connectivity index (χ2v) is 8.68. The number of carbonyl (C=O) groups is 1. The van der Waals surface area contributed by atoms with Crippen molar-refractivity contribution in [3.8, 4) is 29.0 Å². The summed E-state index contributed by atoms with van der Waals surface area (Å²) in [7, 11) is 1.60. The van der Waals surface area contributed by atoms with Gasteiger partial charge < -0.3 is 14.5 Å². The third-order valence-electron chi connectivity index (χ3n) is 6.33. The minimum atomic E-state index is -0.357. The molecule has 1 N–H and O–H groups in total. The van der Waals surface area contributed by atoms with Gasteiger partial charge in [-0.2, -0.15) is 10.4 Å². The highest BCUT2D eigenvalue weighted by molar-refractivity contribution is 6.02. The van der Waals surface area contributed by atoms with Crippen molar-refractivity contribution in [1.29, 1.82) is 5.26 Å². The van der Waals surface area contributed by atoms with Crippen LogP contribution in [-0.4, -0.2) is 28.8 Å². The van der Waals surface area contributed by atoms with Crippen LogP contribution in [0.25, 0.3) is 34.2 Å². The Labute approximate surface area is 203 Å². The fourth-order valence-corrected chi connectivity index (χ4v) is 4.53. The molecule has 0 bridgehead atoms. The summed E-state index contributed by atoms with van der Waals surface area (Å²) >= 11 is 0. The van der Waals surface area contributed by atoms with Crippen molar-refractivity contribution >= 4 is 23.0 Å². The van der Waals surface area contributed by atoms with Gasteiger partial charge in [-0.3, -0.25) is 4.79 Å². The number of methoxy groups -OCH3 is 1. The van der Waals surface area contributed by atoms with Crippen LogP contribution in [0, 0.1) is 11.3 Å². The van der Waals surface area contributed by atoms with Crippen molar-refractivity contribution in [3.05, 3.63) is 71.9 Å². The van der Waals surface area contributed by atoms with Crippen LogP contribution in [0.3, 0.4) is 0 Å². The highest BCUT2D eigenvalue weighted by atomic mass is 16.5. The first-order valence-corrected chi connectivity index (χ1v) is 11.8. The van der Waals surface area contributed by atoms with Crippen LogP contribution in [0.2, 0.25) is 0 Å². The molecule has 35 heavy (non-hydrogen) atoms. The van der Waals surface area contributed by atoms with E-state index in [0.29, 0.717) is 28.4 Å². The summed E-state index contributed by atoms with van der Waals surface area (Å²) in [6.07, 6.45) is 8.67. The van der Waals surface area contributed by atoms with Gasteiger partial charge in [0, 0.05) is 23.2 Å². The van der Waals surface area contributed by atoms with E-state index >= 15 is 0 Å². The molecule has 2 heterocycles. The first-order chi connectivity index (χ1) is 17.2. The van der Waals surface area contributed by atoms with E-state index in [1.807, 2.05) is 54.6 Å². The molecule has 2 aromatic carbocycles. The van der Waals surface area contributed by atoms with Crippen LogP contribution in [0.15, 0.2) is 70.8 Å². The number of ether oxygens (including phenoxy) is 1. The molecule has 0 atom stereocenters. The largest absolute Gasteiger partial charge is 0.493 e. The number of amides is 1. The van der Waals surface area contributed by atoms with Gasteiger partial charge in [-0.25, -0.2) is 4.68 Å². The summed E-state index contributed by atoms with van der Waals surface area (Å²) < 4.78 is 13.3. The van der Waals surface area contributed by atoms with Crippen LogP contribution in [0.5, 0.6) is 5.75 Å². The van der Waals surface area contributed by atoms with Crippen molar-refractivity contribution in [3.63, 3.8) is 0 Å². The quantitative estimate of drug-likeness (QED) is 0.293. The van der Waals surface area contributed by atoms with E-state index in [4.69, 9.17) is 14.3 Å². The zero-order valence-electron chi connectivity index (χ0n) is 19.5. The first-order valence-electron chi connectivity index (χ1n) is 11.8.